The van der Waals surface area contributed by atoms with Gasteiger partial charge in [-0.1, -0.05) is 0 Å². The second kappa shape index (κ2) is 2.50. The molecule has 0 aliphatic heterocycles. The Morgan fingerprint density at radius 2 is 2.50 bits per heavy atom. The van der Waals surface area contributed by atoms with Crippen molar-refractivity contribution >= 4 is 22.9 Å². The van der Waals surface area contributed by atoms with Gasteiger partial charge in [0.2, 0.25) is 0 Å². The quantitative estimate of drug-likeness (QED) is 0.709. The Hall–Kier alpha value is -0.0300. The monoisotopic (exact) mass is 222 g/mol. The third-order valence-electron chi connectivity index (χ3n) is 0.956. The lowest BCUT2D eigenvalue weighted by molar-refractivity contribution is 1.07. The van der Waals surface area contributed by atoms with Gasteiger partial charge in [-0.3, -0.25) is 2.78 Å². The van der Waals surface area contributed by atoms with Gasteiger partial charge in [-0.15, -0.1) is 0 Å². The molecule has 0 amide bonds. The van der Waals surface area contributed by atoms with E-state index in [0.717, 1.165) is 0 Å². The molecule has 0 fully saturated rings. The predicted molar refractivity (Wildman–Crippen MR) is 41.7 cm³/mol. The number of halogens is 1. The van der Waals surface area contributed by atoms with Gasteiger partial charge in [-0.2, -0.15) is 0 Å². The standard InChI is InChI=1S/C5H7IN2/c6-8-2-1-5(3-7)4-8/h1-2,4H,3,7H2. The van der Waals surface area contributed by atoms with E-state index in [-0.39, 0.29) is 0 Å². The molecule has 3 heteroatoms. The van der Waals surface area contributed by atoms with Gasteiger partial charge in [-0.25, -0.2) is 0 Å². The highest BCUT2D eigenvalue weighted by Gasteiger charge is 1.87. The summed E-state index contributed by atoms with van der Waals surface area (Å²) >= 11 is 2.19. The van der Waals surface area contributed by atoms with Crippen LogP contribution in [0.15, 0.2) is 18.5 Å². The number of aromatic nitrogens is 1. The van der Waals surface area contributed by atoms with E-state index in [9.17, 15) is 0 Å². The van der Waals surface area contributed by atoms with Crippen molar-refractivity contribution in [2.45, 2.75) is 6.54 Å². The van der Waals surface area contributed by atoms with Crippen LogP contribution in [0.2, 0.25) is 0 Å². The molecule has 0 saturated carbocycles. The molecule has 2 nitrogen and oxygen atoms in total. The van der Waals surface area contributed by atoms with E-state index in [4.69, 9.17) is 5.73 Å². The first kappa shape index (κ1) is 6.10. The molecule has 0 aliphatic carbocycles. The molecule has 0 radical (unpaired) electrons. The highest BCUT2D eigenvalue weighted by molar-refractivity contribution is 14.1. The van der Waals surface area contributed by atoms with E-state index in [1.54, 1.807) is 0 Å². The Morgan fingerprint density at radius 1 is 1.75 bits per heavy atom. The molecule has 1 aromatic rings. The number of nitrogens with two attached hydrogens (primary N) is 1. The third kappa shape index (κ3) is 1.23. The summed E-state index contributed by atoms with van der Waals surface area (Å²) in [6.07, 6.45) is 3.98. The van der Waals surface area contributed by atoms with Crippen LogP contribution in [-0.2, 0) is 6.54 Å². The van der Waals surface area contributed by atoms with E-state index >= 15 is 0 Å². The van der Waals surface area contributed by atoms with E-state index < -0.39 is 0 Å². The summed E-state index contributed by atoms with van der Waals surface area (Å²) in [5.41, 5.74) is 6.53. The second-order valence-corrected chi connectivity index (χ2v) is 2.68. The highest BCUT2D eigenvalue weighted by Crippen LogP contribution is 2.01. The largest absolute Gasteiger partial charge is 0.326 e. The van der Waals surface area contributed by atoms with E-state index in [0.29, 0.717) is 6.54 Å². The molecule has 1 aromatic heterocycles. The van der Waals surface area contributed by atoms with E-state index in [1.807, 2.05) is 21.2 Å². The first-order chi connectivity index (χ1) is 3.83. The Kier molecular flexibility index (Phi) is 1.90. The summed E-state index contributed by atoms with van der Waals surface area (Å²) in [5.74, 6) is 0. The van der Waals surface area contributed by atoms with Crippen molar-refractivity contribution in [2.24, 2.45) is 5.73 Å². The Morgan fingerprint density at radius 3 is 2.75 bits per heavy atom. The maximum Gasteiger partial charge on any atom is 0.0634 e. The molecule has 0 atom stereocenters. The molecule has 0 saturated heterocycles. The molecule has 2 N–H and O–H groups in total. The summed E-state index contributed by atoms with van der Waals surface area (Å²) in [6.45, 7) is 0.635. The van der Waals surface area contributed by atoms with Crippen LogP contribution in [0, 0.1) is 0 Å². The summed E-state index contributed by atoms with van der Waals surface area (Å²) in [7, 11) is 0. The first-order valence-electron chi connectivity index (χ1n) is 2.36. The summed E-state index contributed by atoms with van der Waals surface area (Å²) in [4.78, 5) is 0. The van der Waals surface area contributed by atoms with Crippen molar-refractivity contribution < 1.29 is 0 Å². The molecule has 0 aromatic carbocycles. The average molecular weight is 222 g/mol. The summed E-state index contributed by atoms with van der Waals surface area (Å²) < 4.78 is 1.96. The van der Waals surface area contributed by atoms with Crippen LogP contribution in [-0.4, -0.2) is 2.78 Å². The fourth-order valence-corrected chi connectivity index (χ4v) is 1.05. The van der Waals surface area contributed by atoms with Gasteiger partial charge in [-0.05, 0) is 11.6 Å². The lowest BCUT2D eigenvalue weighted by Gasteiger charge is -1.82. The van der Waals surface area contributed by atoms with Gasteiger partial charge in [0.05, 0.1) is 22.9 Å². The van der Waals surface area contributed by atoms with Gasteiger partial charge >= 0.3 is 0 Å². The SMILES string of the molecule is NCc1ccn(I)c1. The number of nitrogens with zero attached hydrogens (tertiary/aromatic N) is 1. The molecule has 1 rings (SSSR count). The van der Waals surface area contributed by atoms with Gasteiger partial charge < -0.3 is 5.73 Å². The predicted octanol–water partition coefficient (Wildman–Crippen LogP) is 1.14. The van der Waals surface area contributed by atoms with Crippen molar-refractivity contribution in [3.8, 4) is 0 Å². The van der Waals surface area contributed by atoms with Gasteiger partial charge in [0.15, 0.2) is 0 Å². The van der Waals surface area contributed by atoms with Crippen molar-refractivity contribution in [3.63, 3.8) is 0 Å². The van der Waals surface area contributed by atoms with Crippen LogP contribution in [0.1, 0.15) is 5.56 Å². The van der Waals surface area contributed by atoms with Crippen molar-refractivity contribution in [1.29, 1.82) is 0 Å². The number of rotatable bonds is 1. The Labute approximate surface area is 62.2 Å². The van der Waals surface area contributed by atoms with Crippen LogP contribution in [0.25, 0.3) is 0 Å². The molecule has 0 aliphatic rings. The Balaban J connectivity index is 2.84. The number of hydrogen-bond donors (Lipinski definition) is 1. The molecule has 8 heavy (non-hydrogen) atoms. The average Bonchev–Trinajstić information content (AvgIpc) is 2.14. The second-order valence-electron chi connectivity index (χ2n) is 1.57. The lowest BCUT2D eigenvalue weighted by atomic mass is 10.4. The smallest absolute Gasteiger partial charge is 0.0634 e. The van der Waals surface area contributed by atoms with Crippen molar-refractivity contribution in [3.05, 3.63) is 24.0 Å². The maximum absolute atomic E-state index is 5.35. The molecule has 44 valence electrons. The minimum atomic E-state index is 0.635. The minimum absolute atomic E-state index is 0.635. The lowest BCUT2D eigenvalue weighted by Crippen LogP contribution is -1.92. The zero-order valence-electron chi connectivity index (χ0n) is 4.34. The molecule has 0 bridgehead atoms. The molecule has 0 spiro atoms. The zero-order valence-corrected chi connectivity index (χ0v) is 6.50. The van der Waals surface area contributed by atoms with Crippen LogP contribution in [0.3, 0.4) is 0 Å². The fraction of sp³-hybridized carbons (Fsp3) is 0.200. The third-order valence-corrected chi connectivity index (χ3v) is 1.56. The topological polar surface area (TPSA) is 30.9 Å². The fourth-order valence-electron chi connectivity index (χ4n) is 0.532. The zero-order chi connectivity index (χ0) is 5.98. The van der Waals surface area contributed by atoms with Crippen LogP contribution < -0.4 is 5.73 Å². The number of hydrogen-bond acceptors (Lipinski definition) is 1. The molecule has 0 unspecified atom stereocenters. The van der Waals surface area contributed by atoms with Crippen molar-refractivity contribution in [2.75, 3.05) is 0 Å². The molecular weight excluding hydrogens is 215 g/mol. The van der Waals surface area contributed by atoms with E-state index in [1.165, 1.54) is 5.56 Å². The minimum Gasteiger partial charge on any atom is -0.326 e. The van der Waals surface area contributed by atoms with Gasteiger partial charge in [0.25, 0.3) is 0 Å². The van der Waals surface area contributed by atoms with Crippen LogP contribution in [0.5, 0.6) is 0 Å². The van der Waals surface area contributed by atoms with Crippen molar-refractivity contribution in [1.82, 2.24) is 2.78 Å². The van der Waals surface area contributed by atoms with Crippen LogP contribution in [0.4, 0.5) is 0 Å². The summed E-state index contributed by atoms with van der Waals surface area (Å²) in [5, 5.41) is 0. The molecular formula is C5H7IN2. The molecule has 1 heterocycles. The normalized spacial score (nSPS) is 9.75. The highest BCUT2D eigenvalue weighted by atomic mass is 127. The maximum atomic E-state index is 5.35. The van der Waals surface area contributed by atoms with Gasteiger partial charge in [0.1, 0.15) is 0 Å². The van der Waals surface area contributed by atoms with E-state index in [2.05, 4.69) is 22.9 Å². The Bertz CT molecular complexity index is 171. The summed E-state index contributed by atoms with van der Waals surface area (Å²) in [6, 6.07) is 2.01. The first-order valence-corrected chi connectivity index (χ1v) is 3.32. The van der Waals surface area contributed by atoms with Crippen LogP contribution >= 0.6 is 22.9 Å². The van der Waals surface area contributed by atoms with Gasteiger partial charge in [0, 0.05) is 18.9 Å².